The lowest BCUT2D eigenvalue weighted by Crippen LogP contribution is -2.23. The molecule has 4 aromatic rings. The number of halogens is 3. The summed E-state index contributed by atoms with van der Waals surface area (Å²) in [5.41, 5.74) is 2.78. The van der Waals surface area contributed by atoms with Gasteiger partial charge < -0.3 is 14.6 Å². The molecule has 0 fully saturated rings. The number of nitrogens with zero attached hydrogens (tertiary/aromatic N) is 3. The molecule has 0 aliphatic rings. The molecule has 160 valence electrons. The molecule has 0 saturated heterocycles. The standard InChI is InChI=1S/C21H17F3N4O2S/c1-12-7-8-17(30-2)13(9-12)15-11-31-20(26-15)27-18(29)10-28-16-6-4-3-5-14(16)25-19(28)21(22,23)24/h3-9,11H,10H2,1-2H3,(H,26,27,29). The lowest BCUT2D eigenvalue weighted by Gasteiger charge is -2.11. The smallest absolute Gasteiger partial charge is 0.449 e. The Morgan fingerprint density at radius 3 is 2.71 bits per heavy atom. The molecule has 0 bridgehead atoms. The van der Waals surface area contributed by atoms with Gasteiger partial charge in [-0.25, -0.2) is 9.97 Å². The lowest BCUT2D eigenvalue weighted by atomic mass is 10.1. The predicted octanol–water partition coefficient (Wildman–Crippen LogP) is 5.13. The zero-order valence-corrected chi connectivity index (χ0v) is 17.3. The number of amides is 1. The van der Waals surface area contributed by atoms with Crippen molar-refractivity contribution >= 4 is 33.4 Å². The van der Waals surface area contributed by atoms with E-state index in [4.69, 9.17) is 4.74 Å². The molecular formula is C21H17F3N4O2S. The minimum absolute atomic E-state index is 0.172. The molecule has 1 amide bonds. The van der Waals surface area contributed by atoms with Crippen LogP contribution in [-0.2, 0) is 17.5 Å². The highest BCUT2D eigenvalue weighted by Gasteiger charge is 2.38. The van der Waals surface area contributed by atoms with Crippen LogP contribution < -0.4 is 10.1 Å². The zero-order chi connectivity index (χ0) is 22.2. The summed E-state index contributed by atoms with van der Waals surface area (Å²) < 4.78 is 46.5. The number of methoxy groups -OCH3 is 1. The number of rotatable bonds is 5. The van der Waals surface area contributed by atoms with Crippen molar-refractivity contribution < 1.29 is 22.7 Å². The highest BCUT2D eigenvalue weighted by molar-refractivity contribution is 7.14. The highest BCUT2D eigenvalue weighted by Crippen LogP contribution is 2.34. The number of fused-ring (bicyclic) bond motifs is 1. The van der Waals surface area contributed by atoms with Crippen molar-refractivity contribution in [1.29, 1.82) is 0 Å². The quantitative estimate of drug-likeness (QED) is 0.461. The summed E-state index contributed by atoms with van der Waals surface area (Å²) in [6.45, 7) is 1.39. The van der Waals surface area contributed by atoms with Crippen LogP contribution in [0.15, 0.2) is 47.8 Å². The summed E-state index contributed by atoms with van der Waals surface area (Å²) in [5.74, 6) is -1.12. The van der Waals surface area contributed by atoms with Crippen LogP contribution in [0.1, 0.15) is 11.4 Å². The van der Waals surface area contributed by atoms with Gasteiger partial charge in [0.25, 0.3) is 0 Å². The van der Waals surface area contributed by atoms with Crippen LogP contribution in [0.3, 0.4) is 0 Å². The summed E-state index contributed by atoms with van der Waals surface area (Å²) in [7, 11) is 1.55. The maximum Gasteiger partial charge on any atom is 0.449 e. The monoisotopic (exact) mass is 446 g/mol. The van der Waals surface area contributed by atoms with Crippen LogP contribution in [0.4, 0.5) is 18.3 Å². The van der Waals surface area contributed by atoms with E-state index in [-0.39, 0.29) is 16.2 Å². The maximum absolute atomic E-state index is 13.4. The molecule has 2 aromatic carbocycles. The number of para-hydroxylation sites is 2. The number of aromatic nitrogens is 3. The second-order valence-electron chi connectivity index (χ2n) is 6.80. The molecule has 6 nitrogen and oxygen atoms in total. The number of ether oxygens (including phenoxy) is 1. The molecule has 1 N–H and O–H groups in total. The fraction of sp³-hybridized carbons (Fsp3) is 0.190. The van der Waals surface area contributed by atoms with Crippen LogP contribution in [-0.4, -0.2) is 27.6 Å². The Kier molecular flexibility index (Phi) is 5.40. The maximum atomic E-state index is 13.4. The van der Waals surface area contributed by atoms with Crippen molar-refractivity contribution in [1.82, 2.24) is 14.5 Å². The number of carbonyl (C=O) groups excluding carboxylic acids is 1. The van der Waals surface area contributed by atoms with E-state index in [1.54, 1.807) is 24.6 Å². The van der Waals surface area contributed by atoms with E-state index in [2.05, 4.69) is 15.3 Å². The summed E-state index contributed by atoms with van der Waals surface area (Å²) in [4.78, 5) is 20.6. The molecule has 0 atom stereocenters. The van der Waals surface area contributed by atoms with Gasteiger partial charge in [0.1, 0.15) is 12.3 Å². The molecule has 2 heterocycles. The molecule has 0 aliphatic carbocycles. The van der Waals surface area contributed by atoms with Crippen molar-refractivity contribution in [2.45, 2.75) is 19.6 Å². The molecule has 2 aromatic heterocycles. The average Bonchev–Trinajstić information content (AvgIpc) is 3.33. The van der Waals surface area contributed by atoms with Crippen molar-refractivity contribution in [3.63, 3.8) is 0 Å². The SMILES string of the molecule is COc1ccc(C)cc1-c1csc(NC(=O)Cn2c(C(F)(F)F)nc3ccccc32)n1. The van der Waals surface area contributed by atoms with Gasteiger partial charge in [0.15, 0.2) is 5.13 Å². The summed E-state index contributed by atoms with van der Waals surface area (Å²) in [6, 6.07) is 11.8. The van der Waals surface area contributed by atoms with Gasteiger partial charge in [0.05, 0.1) is 23.8 Å². The van der Waals surface area contributed by atoms with E-state index in [1.807, 2.05) is 25.1 Å². The first-order valence-corrected chi connectivity index (χ1v) is 10.1. The Balaban J connectivity index is 1.58. The van der Waals surface area contributed by atoms with Crippen molar-refractivity contribution in [3.05, 3.63) is 59.2 Å². The van der Waals surface area contributed by atoms with Gasteiger partial charge in [0.2, 0.25) is 11.7 Å². The van der Waals surface area contributed by atoms with Crippen LogP contribution in [0, 0.1) is 6.92 Å². The first kappa shape index (κ1) is 20.9. The van der Waals surface area contributed by atoms with Crippen molar-refractivity contribution in [2.75, 3.05) is 12.4 Å². The second-order valence-corrected chi connectivity index (χ2v) is 7.66. The number of imidazole rings is 1. The first-order valence-electron chi connectivity index (χ1n) is 9.19. The summed E-state index contributed by atoms with van der Waals surface area (Å²) in [5, 5.41) is 4.61. The molecule has 0 saturated carbocycles. The largest absolute Gasteiger partial charge is 0.496 e. The molecule has 0 aliphatic heterocycles. The highest BCUT2D eigenvalue weighted by atomic mass is 32.1. The Bertz CT molecular complexity index is 1260. The van der Waals surface area contributed by atoms with Gasteiger partial charge in [-0.05, 0) is 31.2 Å². The summed E-state index contributed by atoms with van der Waals surface area (Å²) in [6.07, 6.45) is -4.69. The topological polar surface area (TPSA) is 69.0 Å². The van der Waals surface area contributed by atoms with Crippen LogP contribution in [0.5, 0.6) is 5.75 Å². The van der Waals surface area contributed by atoms with Crippen LogP contribution in [0.25, 0.3) is 22.3 Å². The van der Waals surface area contributed by atoms with Gasteiger partial charge >= 0.3 is 6.18 Å². The van der Waals surface area contributed by atoms with Gasteiger partial charge in [0, 0.05) is 10.9 Å². The third kappa shape index (κ3) is 4.24. The Labute approximate surface area is 179 Å². The molecule has 0 radical (unpaired) electrons. The Hall–Kier alpha value is -3.40. The van der Waals surface area contributed by atoms with Gasteiger partial charge in [-0.15, -0.1) is 11.3 Å². The van der Waals surface area contributed by atoms with Gasteiger partial charge in [-0.2, -0.15) is 13.2 Å². The third-order valence-corrected chi connectivity index (χ3v) is 5.35. The molecular weight excluding hydrogens is 429 g/mol. The normalized spacial score (nSPS) is 11.6. The number of aryl methyl sites for hydroxylation is 1. The average molecular weight is 446 g/mol. The molecule has 0 spiro atoms. The minimum atomic E-state index is -4.69. The fourth-order valence-electron chi connectivity index (χ4n) is 3.23. The zero-order valence-electron chi connectivity index (χ0n) is 16.5. The van der Waals surface area contributed by atoms with E-state index in [0.29, 0.717) is 11.4 Å². The number of alkyl halides is 3. The van der Waals surface area contributed by atoms with E-state index in [1.165, 1.54) is 23.5 Å². The number of anilines is 1. The number of hydrogen-bond acceptors (Lipinski definition) is 5. The molecule has 10 heteroatoms. The second kappa shape index (κ2) is 8.03. The Morgan fingerprint density at radius 1 is 1.19 bits per heavy atom. The number of hydrogen-bond donors (Lipinski definition) is 1. The first-order chi connectivity index (χ1) is 14.8. The van der Waals surface area contributed by atoms with E-state index in [0.717, 1.165) is 15.7 Å². The predicted molar refractivity (Wildman–Crippen MR) is 112 cm³/mol. The fourth-order valence-corrected chi connectivity index (χ4v) is 3.96. The number of carbonyl (C=O) groups is 1. The lowest BCUT2D eigenvalue weighted by molar-refractivity contribution is -0.147. The number of nitrogens with one attached hydrogen (secondary N) is 1. The molecule has 4 rings (SSSR count). The van der Waals surface area contributed by atoms with E-state index in [9.17, 15) is 18.0 Å². The van der Waals surface area contributed by atoms with Gasteiger partial charge in [-0.1, -0.05) is 23.8 Å². The molecule has 31 heavy (non-hydrogen) atoms. The van der Waals surface area contributed by atoms with Gasteiger partial charge in [-0.3, -0.25) is 4.79 Å². The number of thiazole rings is 1. The van der Waals surface area contributed by atoms with E-state index < -0.39 is 24.5 Å². The Morgan fingerprint density at radius 2 is 1.97 bits per heavy atom. The number of benzene rings is 2. The summed E-state index contributed by atoms with van der Waals surface area (Å²) >= 11 is 1.18. The van der Waals surface area contributed by atoms with Crippen LogP contribution >= 0.6 is 11.3 Å². The van der Waals surface area contributed by atoms with Crippen molar-refractivity contribution in [2.24, 2.45) is 0 Å². The molecule has 0 unspecified atom stereocenters. The van der Waals surface area contributed by atoms with Crippen LogP contribution in [0.2, 0.25) is 0 Å². The third-order valence-electron chi connectivity index (χ3n) is 4.59. The minimum Gasteiger partial charge on any atom is -0.496 e. The van der Waals surface area contributed by atoms with E-state index >= 15 is 0 Å². The van der Waals surface area contributed by atoms with Crippen molar-refractivity contribution in [3.8, 4) is 17.0 Å².